The summed E-state index contributed by atoms with van der Waals surface area (Å²) in [7, 11) is 0. The van der Waals surface area contributed by atoms with Gasteiger partial charge in [0.2, 0.25) is 11.8 Å². The van der Waals surface area contributed by atoms with Crippen molar-refractivity contribution in [2.75, 3.05) is 6.54 Å². The molecule has 5 N–H and O–H groups in total. The minimum absolute atomic E-state index is 0.0498. The van der Waals surface area contributed by atoms with Gasteiger partial charge in [-0.1, -0.05) is 6.42 Å². The normalized spacial score (nSPS) is 16.7. The molecule has 24 heavy (non-hydrogen) atoms. The van der Waals surface area contributed by atoms with Gasteiger partial charge < -0.3 is 21.7 Å². The molecule has 8 heteroatoms. The summed E-state index contributed by atoms with van der Waals surface area (Å²) in [6, 6.07) is -1.35. The second-order valence-corrected chi connectivity index (χ2v) is 6.63. The Bertz CT molecular complexity index is 500. The molecule has 0 aromatic heterocycles. The Balaban J connectivity index is 2.64. The summed E-state index contributed by atoms with van der Waals surface area (Å²) >= 11 is 0. The minimum atomic E-state index is -1.07. The molecular formula is C16H28N4O4. The Morgan fingerprint density at radius 3 is 2.08 bits per heavy atom. The second-order valence-electron chi connectivity index (χ2n) is 6.63. The lowest BCUT2D eigenvalue weighted by atomic mass is 9.67. The van der Waals surface area contributed by atoms with Crippen molar-refractivity contribution in [2.24, 2.45) is 11.1 Å². The molecule has 1 fully saturated rings. The van der Waals surface area contributed by atoms with E-state index in [0.29, 0.717) is 32.2 Å². The predicted molar refractivity (Wildman–Crippen MR) is 89.0 cm³/mol. The van der Waals surface area contributed by atoms with Gasteiger partial charge in [-0.3, -0.25) is 14.4 Å². The third kappa shape index (κ3) is 5.21. The van der Waals surface area contributed by atoms with E-state index in [1.165, 1.54) is 6.92 Å². The van der Waals surface area contributed by atoms with E-state index in [1.54, 1.807) is 0 Å². The third-order valence-electron chi connectivity index (χ3n) is 4.26. The van der Waals surface area contributed by atoms with Crippen LogP contribution in [0.15, 0.2) is 0 Å². The topological polar surface area (TPSA) is 130 Å². The Hall–Kier alpha value is -2.12. The molecule has 0 bridgehead atoms. The molecule has 1 saturated carbocycles. The number of carbonyl (C=O) groups is 4. The molecule has 0 radical (unpaired) electrons. The summed E-state index contributed by atoms with van der Waals surface area (Å²) in [4.78, 5) is 47.4. The number of amides is 4. The number of urea groups is 1. The van der Waals surface area contributed by atoms with Crippen molar-refractivity contribution in [3.63, 3.8) is 0 Å². The third-order valence-corrected chi connectivity index (χ3v) is 4.26. The first kappa shape index (κ1) is 19.9. The monoisotopic (exact) mass is 340 g/mol. The molecular weight excluding hydrogens is 312 g/mol. The van der Waals surface area contributed by atoms with Gasteiger partial charge in [0, 0.05) is 12.6 Å². The molecule has 1 unspecified atom stereocenters. The maximum atomic E-state index is 12.6. The van der Waals surface area contributed by atoms with Crippen LogP contribution in [-0.4, -0.2) is 42.3 Å². The van der Waals surface area contributed by atoms with E-state index in [-0.39, 0.29) is 17.7 Å². The van der Waals surface area contributed by atoms with Crippen LogP contribution in [0.1, 0.15) is 52.9 Å². The van der Waals surface area contributed by atoms with Crippen LogP contribution in [0, 0.1) is 5.41 Å². The zero-order valence-corrected chi connectivity index (χ0v) is 14.6. The van der Waals surface area contributed by atoms with E-state index in [9.17, 15) is 19.2 Å². The highest BCUT2D eigenvalue weighted by atomic mass is 16.2. The van der Waals surface area contributed by atoms with Crippen molar-refractivity contribution in [2.45, 2.75) is 65.0 Å². The SMILES string of the molecule is CC(=O)C(CCCNC(N)=O)NC(=O)C1(C(=O)NC(C)C)CCC1. The van der Waals surface area contributed by atoms with Gasteiger partial charge in [-0.05, 0) is 46.5 Å². The van der Waals surface area contributed by atoms with E-state index >= 15 is 0 Å². The first-order valence-electron chi connectivity index (χ1n) is 8.34. The van der Waals surface area contributed by atoms with Crippen LogP contribution in [0.2, 0.25) is 0 Å². The number of nitrogens with two attached hydrogens (primary N) is 1. The highest BCUT2D eigenvalue weighted by Gasteiger charge is 2.51. The number of nitrogens with one attached hydrogen (secondary N) is 3. The first-order chi connectivity index (χ1) is 11.2. The number of ketones is 1. The second kappa shape index (κ2) is 8.65. The van der Waals surface area contributed by atoms with Crippen molar-refractivity contribution < 1.29 is 19.2 Å². The molecule has 4 amide bonds. The van der Waals surface area contributed by atoms with E-state index in [1.807, 2.05) is 13.8 Å². The summed E-state index contributed by atoms with van der Waals surface area (Å²) in [5.74, 6) is -0.852. The molecule has 0 aromatic rings. The van der Waals surface area contributed by atoms with E-state index in [2.05, 4.69) is 16.0 Å². The lowest BCUT2D eigenvalue weighted by Crippen LogP contribution is -2.58. The molecule has 1 rings (SSSR count). The average Bonchev–Trinajstić information content (AvgIpc) is 2.39. The van der Waals surface area contributed by atoms with Gasteiger partial charge in [-0.25, -0.2) is 4.79 Å². The van der Waals surface area contributed by atoms with Crippen LogP contribution in [0.25, 0.3) is 0 Å². The smallest absolute Gasteiger partial charge is 0.312 e. The molecule has 0 saturated heterocycles. The van der Waals surface area contributed by atoms with Crippen molar-refractivity contribution in [1.29, 1.82) is 0 Å². The summed E-state index contributed by atoms with van der Waals surface area (Å²) in [6.07, 6.45) is 2.67. The minimum Gasteiger partial charge on any atom is -0.353 e. The van der Waals surface area contributed by atoms with Crippen molar-refractivity contribution in [3.05, 3.63) is 0 Å². The van der Waals surface area contributed by atoms with Gasteiger partial charge in [-0.15, -0.1) is 0 Å². The number of hydrogen-bond donors (Lipinski definition) is 4. The quantitative estimate of drug-likeness (QED) is 0.353. The largest absolute Gasteiger partial charge is 0.353 e. The van der Waals surface area contributed by atoms with Crippen molar-refractivity contribution >= 4 is 23.6 Å². The van der Waals surface area contributed by atoms with Gasteiger partial charge in [0.15, 0.2) is 5.78 Å². The van der Waals surface area contributed by atoms with Gasteiger partial charge >= 0.3 is 6.03 Å². The zero-order valence-electron chi connectivity index (χ0n) is 14.6. The molecule has 0 aromatic carbocycles. The Morgan fingerprint density at radius 2 is 1.67 bits per heavy atom. The number of Topliss-reactive ketones (excluding diaryl/α,β-unsaturated/α-hetero) is 1. The maximum Gasteiger partial charge on any atom is 0.312 e. The lowest BCUT2D eigenvalue weighted by Gasteiger charge is -2.39. The molecule has 8 nitrogen and oxygen atoms in total. The molecule has 1 aliphatic rings. The number of rotatable bonds is 9. The molecule has 136 valence electrons. The number of carbonyl (C=O) groups excluding carboxylic acids is 4. The van der Waals surface area contributed by atoms with Crippen molar-refractivity contribution in [3.8, 4) is 0 Å². The van der Waals surface area contributed by atoms with Crippen LogP contribution in [0.3, 0.4) is 0 Å². The van der Waals surface area contributed by atoms with Crippen LogP contribution >= 0.6 is 0 Å². The molecule has 0 spiro atoms. The fraction of sp³-hybridized carbons (Fsp3) is 0.750. The molecule has 1 atom stereocenters. The van der Waals surface area contributed by atoms with Crippen LogP contribution < -0.4 is 21.7 Å². The summed E-state index contributed by atoms with van der Waals surface area (Å²) < 4.78 is 0. The average molecular weight is 340 g/mol. The van der Waals surface area contributed by atoms with E-state index < -0.39 is 23.4 Å². The molecule has 0 aliphatic heterocycles. The summed E-state index contributed by atoms with van der Waals surface area (Å²) in [6.45, 7) is 5.40. The van der Waals surface area contributed by atoms with E-state index in [4.69, 9.17) is 5.73 Å². The van der Waals surface area contributed by atoms with Crippen LogP contribution in [0.4, 0.5) is 4.79 Å². The van der Waals surface area contributed by atoms with Gasteiger partial charge in [0.05, 0.1) is 6.04 Å². The highest BCUT2D eigenvalue weighted by Crippen LogP contribution is 2.41. The van der Waals surface area contributed by atoms with Crippen molar-refractivity contribution in [1.82, 2.24) is 16.0 Å². The standard InChI is InChI=1S/C16H28N4O4/c1-10(2)19-13(22)16(7-5-8-16)14(23)20-12(11(3)21)6-4-9-18-15(17)24/h10,12H,4-9H2,1-3H3,(H,19,22)(H,20,23)(H3,17,18,24). The van der Waals surface area contributed by atoms with E-state index in [0.717, 1.165) is 6.42 Å². The fourth-order valence-electron chi connectivity index (χ4n) is 2.68. The zero-order chi connectivity index (χ0) is 18.3. The van der Waals surface area contributed by atoms with Crippen LogP contribution in [-0.2, 0) is 14.4 Å². The fourth-order valence-corrected chi connectivity index (χ4v) is 2.68. The molecule has 1 aliphatic carbocycles. The maximum absolute atomic E-state index is 12.6. The number of primary amides is 1. The van der Waals surface area contributed by atoms with Gasteiger partial charge in [0.25, 0.3) is 0 Å². The molecule has 0 heterocycles. The Labute approximate surface area is 142 Å². The summed E-state index contributed by atoms with van der Waals surface area (Å²) in [5.41, 5.74) is 3.91. The first-order valence-corrected chi connectivity index (χ1v) is 8.34. The Morgan fingerprint density at radius 1 is 1.08 bits per heavy atom. The van der Waals surface area contributed by atoms with Gasteiger partial charge in [0.1, 0.15) is 5.41 Å². The lowest BCUT2D eigenvalue weighted by molar-refractivity contribution is -0.151. The summed E-state index contributed by atoms with van der Waals surface area (Å²) in [5, 5.41) is 7.93. The number of hydrogen-bond acceptors (Lipinski definition) is 4. The van der Waals surface area contributed by atoms with Gasteiger partial charge in [-0.2, -0.15) is 0 Å². The predicted octanol–water partition coefficient (Wildman–Crippen LogP) is 0.204. The van der Waals surface area contributed by atoms with Crippen LogP contribution in [0.5, 0.6) is 0 Å². The Kier molecular flexibility index (Phi) is 7.18. The highest BCUT2D eigenvalue weighted by molar-refractivity contribution is 6.07.